The Kier molecular flexibility index (Phi) is 4.83. The van der Waals surface area contributed by atoms with Gasteiger partial charge < -0.3 is 5.73 Å². The monoisotopic (exact) mass is 227 g/mol. The lowest BCUT2D eigenvalue weighted by molar-refractivity contribution is 0.312. The minimum Gasteiger partial charge on any atom is -0.327 e. The predicted octanol–water partition coefficient (Wildman–Crippen LogP) is 3.57. The highest BCUT2D eigenvalue weighted by molar-refractivity contribution is 8.00. The van der Waals surface area contributed by atoms with Gasteiger partial charge in [0.25, 0.3) is 0 Å². The summed E-state index contributed by atoms with van der Waals surface area (Å²) in [6.45, 7) is 0. The Morgan fingerprint density at radius 3 is 2.40 bits per heavy atom. The van der Waals surface area contributed by atoms with Crippen LogP contribution in [0.25, 0.3) is 0 Å². The molecule has 1 aliphatic heterocycles. The van der Waals surface area contributed by atoms with Crippen LogP contribution < -0.4 is 5.73 Å². The molecule has 88 valence electrons. The van der Waals surface area contributed by atoms with E-state index in [1.807, 2.05) is 0 Å². The fourth-order valence-electron chi connectivity index (χ4n) is 3.06. The van der Waals surface area contributed by atoms with Crippen molar-refractivity contribution in [2.45, 2.75) is 69.1 Å². The van der Waals surface area contributed by atoms with Crippen molar-refractivity contribution in [3.05, 3.63) is 0 Å². The standard InChI is InChI=1S/C13H25NS/c14-12(13-8-4-5-9-15-13)10-11-6-2-1-3-7-11/h11-13H,1-10,14H2. The first-order valence-electron chi connectivity index (χ1n) is 6.73. The Labute approximate surface area is 98.6 Å². The van der Waals surface area contributed by atoms with Crippen LogP contribution in [0.4, 0.5) is 0 Å². The minimum atomic E-state index is 0.485. The van der Waals surface area contributed by atoms with Gasteiger partial charge in [0.05, 0.1) is 0 Å². The summed E-state index contributed by atoms with van der Waals surface area (Å²) in [5.41, 5.74) is 6.36. The summed E-state index contributed by atoms with van der Waals surface area (Å²) >= 11 is 2.13. The summed E-state index contributed by atoms with van der Waals surface area (Å²) in [5.74, 6) is 2.31. The second-order valence-electron chi connectivity index (χ2n) is 5.31. The highest BCUT2D eigenvalue weighted by Crippen LogP contribution is 2.32. The molecule has 0 aromatic carbocycles. The largest absolute Gasteiger partial charge is 0.327 e. The molecule has 1 heterocycles. The third-order valence-electron chi connectivity index (χ3n) is 4.02. The van der Waals surface area contributed by atoms with Gasteiger partial charge in [-0.1, -0.05) is 38.5 Å². The van der Waals surface area contributed by atoms with Crippen molar-refractivity contribution in [2.24, 2.45) is 11.7 Å². The quantitative estimate of drug-likeness (QED) is 0.797. The average Bonchev–Trinajstić information content (AvgIpc) is 2.31. The fourth-order valence-corrected chi connectivity index (χ4v) is 4.43. The van der Waals surface area contributed by atoms with Gasteiger partial charge in [0, 0.05) is 11.3 Å². The van der Waals surface area contributed by atoms with E-state index >= 15 is 0 Å². The predicted molar refractivity (Wildman–Crippen MR) is 69.3 cm³/mol. The second kappa shape index (κ2) is 6.15. The zero-order chi connectivity index (χ0) is 10.5. The molecule has 0 aromatic heterocycles. The van der Waals surface area contributed by atoms with Gasteiger partial charge in [-0.15, -0.1) is 0 Å². The van der Waals surface area contributed by atoms with Crippen LogP contribution in [0.15, 0.2) is 0 Å². The van der Waals surface area contributed by atoms with Gasteiger partial charge in [0.1, 0.15) is 0 Å². The maximum absolute atomic E-state index is 6.36. The Hall–Kier alpha value is 0.310. The van der Waals surface area contributed by atoms with Crippen molar-refractivity contribution < 1.29 is 0 Å². The van der Waals surface area contributed by atoms with Crippen LogP contribution in [0.1, 0.15) is 57.8 Å². The highest BCUT2D eigenvalue weighted by atomic mass is 32.2. The molecule has 2 atom stereocenters. The van der Waals surface area contributed by atoms with Gasteiger partial charge in [-0.3, -0.25) is 0 Å². The van der Waals surface area contributed by atoms with Gasteiger partial charge in [0.15, 0.2) is 0 Å². The molecule has 1 saturated heterocycles. The fraction of sp³-hybridized carbons (Fsp3) is 1.00. The highest BCUT2D eigenvalue weighted by Gasteiger charge is 2.24. The van der Waals surface area contributed by atoms with E-state index in [2.05, 4.69) is 11.8 Å². The molecule has 2 aliphatic rings. The molecule has 0 radical (unpaired) electrons. The zero-order valence-electron chi connectivity index (χ0n) is 9.79. The Bertz CT molecular complexity index is 171. The maximum atomic E-state index is 6.36. The summed E-state index contributed by atoms with van der Waals surface area (Å²) in [7, 11) is 0. The first-order valence-corrected chi connectivity index (χ1v) is 7.78. The van der Waals surface area contributed by atoms with E-state index in [0.717, 1.165) is 11.2 Å². The number of thioether (sulfide) groups is 1. The Morgan fingerprint density at radius 2 is 1.73 bits per heavy atom. The molecule has 15 heavy (non-hydrogen) atoms. The molecule has 0 spiro atoms. The number of hydrogen-bond acceptors (Lipinski definition) is 2. The zero-order valence-corrected chi connectivity index (χ0v) is 10.6. The van der Waals surface area contributed by atoms with Crippen LogP contribution in [0, 0.1) is 5.92 Å². The summed E-state index contributed by atoms with van der Waals surface area (Å²) in [5, 5.41) is 0.778. The van der Waals surface area contributed by atoms with Crippen molar-refractivity contribution >= 4 is 11.8 Å². The van der Waals surface area contributed by atoms with Crippen molar-refractivity contribution in [3.8, 4) is 0 Å². The molecule has 2 fully saturated rings. The lowest BCUT2D eigenvalue weighted by Gasteiger charge is -2.31. The molecule has 2 unspecified atom stereocenters. The van der Waals surface area contributed by atoms with E-state index in [4.69, 9.17) is 5.73 Å². The Morgan fingerprint density at radius 1 is 1.00 bits per heavy atom. The first-order chi connectivity index (χ1) is 7.36. The lowest BCUT2D eigenvalue weighted by Crippen LogP contribution is -2.36. The van der Waals surface area contributed by atoms with Crippen LogP contribution in [-0.2, 0) is 0 Å². The maximum Gasteiger partial charge on any atom is 0.0199 e. The second-order valence-corrected chi connectivity index (χ2v) is 6.66. The van der Waals surface area contributed by atoms with E-state index < -0.39 is 0 Å². The van der Waals surface area contributed by atoms with Crippen molar-refractivity contribution in [1.29, 1.82) is 0 Å². The SMILES string of the molecule is NC(CC1CCCCC1)C1CCCCS1. The summed E-state index contributed by atoms with van der Waals surface area (Å²) < 4.78 is 0. The molecule has 2 N–H and O–H groups in total. The molecule has 0 bridgehead atoms. The lowest BCUT2D eigenvalue weighted by atomic mass is 9.84. The van der Waals surface area contributed by atoms with Gasteiger partial charge in [-0.25, -0.2) is 0 Å². The van der Waals surface area contributed by atoms with Crippen LogP contribution >= 0.6 is 11.8 Å². The molecule has 1 aliphatic carbocycles. The topological polar surface area (TPSA) is 26.0 Å². The van der Waals surface area contributed by atoms with Crippen LogP contribution in [0.2, 0.25) is 0 Å². The minimum absolute atomic E-state index is 0.485. The third-order valence-corrected chi connectivity index (χ3v) is 5.56. The molecule has 1 saturated carbocycles. The van der Waals surface area contributed by atoms with Gasteiger partial charge in [-0.2, -0.15) is 11.8 Å². The summed E-state index contributed by atoms with van der Waals surface area (Å²) in [4.78, 5) is 0. The van der Waals surface area contributed by atoms with Gasteiger partial charge in [-0.05, 0) is 30.9 Å². The summed E-state index contributed by atoms with van der Waals surface area (Å²) in [6, 6.07) is 0.485. The number of rotatable bonds is 3. The third kappa shape index (κ3) is 3.67. The molecular formula is C13H25NS. The number of hydrogen-bond donors (Lipinski definition) is 1. The normalized spacial score (nSPS) is 31.4. The van der Waals surface area contributed by atoms with Crippen LogP contribution in [-0.4, -0.2) is 17.0 Å². The van der Waals surface area contributed by atoms with Crippen LogP contribution in [0.3, 0.4) is 0 Å². The first kappa shape index (κ1) is 11.8. The molecule has 2 heteroatoms. The smallest absolute Gasteiger partial charge is 0.0199 e. The van der Waals surface area contributed by atoms with E-state index in [1.165, 1.54) is 63.5 Å². The molecule has 1 nitrogen and oxygen atoms in total. The van der Waals surface area contributed by atoms with E-state index in [0.29, 0.717) is 6.04 Å². The van der Waals surface area contributed by atoms with Crippen LogP contribution in [0.5, 0.6) is 0 Å². The van der Waals surface area contributed by atoms with E-state index in [9.17, 15) is 0 Å². The van der Waals surface area contributed by atoms with Crippen molar-refractivity contribution in [3.63, 3.8) is 0 Å². The summed E-state index contributed by atoms with van der Waals surface area (Å²) in [6.07, 6.45) is 12.8. The molecule has 0 amide bonds. The molecule has 2 rings (SSSR count). The average molecular weight is 227 g/mol. The Balaban J connectivity index is 1.72. The van der Waals surface area contributed by atoms with Crippen molar-refractivity contribution in [2.75, 3.05) is 5.75 Å². The number of nitrogens with two attached hydrogens (primary N) is 1. The van der Waals surface area contributed by atoms with E-state index in [-0.39, 0.29) is 0 Å². The van der Waals surface area contributed by atoms with Crippen molar-refractivity contribution in [1.82, 2.24) is 0 Å². The molecular weight excluding hydrogens is 202 g/mol. The molecule has 0 aromatic rings. The van der Waals surface area contributed by atoms with Gasteiger partial charge >= 0.3 is 0 Å². The van der Waals surface area contributed by atoms with Gasteiger partial charge in [0.2, 0.25) is 0 Å². The van der Waals surface area contributed by atoms with E-state index in [1.54, 1.807) is 0 Å².